The lowest BCUT2D eigenvalue weighted by atomic mass is 10.1. The van der Waals surface area contributed by atoms with Crippen molar-refractivity contribution in [1.82, 2.24) is 0 Å². The van der Waals surface area contributed by atoms with Gasteiger partial charge in [-0.1, -0.05) is 35.3 Å². The van der Waals surface area contributed by atoms with E-state index in [1.165, 1.54) is 0 Å². The molecular formula is C17H19Cl2NO. The molecule has 1 atom stereocenters. The summed E-state index contributed by atoms with van der Waals surface area (Å²) in [5.74, 6) is 0.831. The van der Waals surface area contributed by atoms with Crippen LogP contribution in [0.1, 0.15) is 32.4 Å². The zero-order valence-corrected chi connectivity index (χ0v) is 13.9. The van der Waals surface area contributed by atoms with Crippen molar-refractivity contribution in [2.75, 3.05) is 5.32 Å². The minimum Gasteiger partial charge on any atom is -0.489 e. The van der Waals surface area contributed by atoms with Crippen LogP contribution in [-0.4, -0.2) is 6.10 Å². The summed E-state index contributed by atoms with van der Waals surface area (Å²) in [5, 5.41) is 4.80. The molecule has 4 heteroatoms. The van der Waals surface area contributed by atoms with Gasteiger partial charge < -0.3 is 10.1 Å². The fourth-order valence-corrected chi connectivity index (χ4v) is 2.56. The third kappa shape index (κ3) is 4.29. The van der Waals surface area contributed by atoms with Gasteiger partial charge in [0.05, 0.1) is 17.8 Å². The van der Waals surface area contributed by atoms with Gasteiger partial charge in [-0.25, -0.2) is 0 Å². The molecule has 0 spiro atoms. The van der Waals surface area contributed by atoms with Crippen LogP contribution in [0.2, 0.25) is 10.0 Å². The van der Waals surface area contributed by atoms with Gasteiger partial charge in [-0.15, -0.1) is 0 Å². The maximum absolute atomic E-state index is 6.25. The Labute approximate surface area is 136 Å². The van der Waals surface area contributed by atoms with E-state index in [1.54, 1.807) is 6.07 Å². The fraction of sp³-hybridized carbons (Fsp3) is 0.294. The number of anilines is 1. The first-order valence-electron chi connectivity index (χ1n) is 6.94. The Morgan fingerprint density at radius 2 is 1.71 bits per heavy atom. The Morgan fingerprint density at radius 3 is 2.43 bits per heavy atom. The van der Waals surface area contributed by atoms with Crippen molar-refractivity contribution in [1.29, 1.82) is 0 Å². The van der Waals surface area contributed by atoms with Crippen LogP contribution in [0.15, 0.2) is 42.5 Å². The molecule has 21 heavy (non-hydrogen) atoms. The van der Waals surface area contributed by atoms with Gasteiger partial charge in [0, 0.05) is 10.0 Å². The highest BCUT2D eigenvalue weighted by Gasteiger charge is 2.13. The Kier molecular flexibility index (Phi) is 5.38. The predicted molar refractivity (Wildman–Crippen MR) is 90.7 cm³/mol. The Bertz CT molecular complexity index is 613. The summed E-state index contributed by atoms with van der Waals surface area (Å²) < 4.78 is 5.81. The molecule has 0 saturated carbocycles. The Morgan fingerprint density at radius 1 is 1.00 bits per heavy atom. The Balaban J connectivity index is 2.23. The molecule has 1 N–H and O–H groups in total. The van der Waals surface area contributed by atoms with Crippen LogP contribution < -0.4 is 10.1 Å². The highest BCUT2D eigenvalue weighted by molar-refractivity contribution is 6.33. The Hall–Kier alpha value is -1.38. The summed E-state index contributed by atoms with van der Waals surface area (Å²) in [6.07, 6.45) is 0.123. The summed E-state index contributed by atoms with van der Waals surface area (Å²) in [6.45, 7) is 6.06. The number of rotatable bonds is 5. The van der Waals surface area contributed by atoms with E-state index in [4.69, 9.17) is 27.9 Å². The van der Waals surface area contributed by atoms with E-state index in [0.29, 0.717) is 10.0 Å². The lowest BCUT2D eigenvalue weighted by Gasteiger charge is -2.20. The zero-order valence-electron chi connectivity index (χ0n) is 12.4. The van der Waals surface area contributed by atoms with Crippen molar-refractivity contribution in [3.05, 3.63) is 58.1 Å². The minimum atomic E-state index is 0.0214. The van der Waals surface area contributed by atoms with Gasteiger partial charge in [0.15, 0.2) is 0 Å². The number of para-hydroxylation sites is 2. The van der Waals surface area contributed by atoms with Crippen molar-refractivity contribution in [2.24, 2.45) is 0 Å². The van der Waals surface area contributed by atoms with Gasteiger partial charge >= 0.3 is 0 Å². The number of hydrogen-bond donors (Lipinski definition) is 1. The van der Waals surface area contributed by atoms with Gasteiger partial charge in [0.1, 0.15) is 5.75 Å². The molecule has 0 saturated heterocycles. The monoisotopic (exact) mass is 323 g/mol. The van der Waals surface area contributed by atoms with Crippen LogP contribution >= 0.6 is 23.2 Å². The maximum Gasteiger partial charge on any atom is 0.142 e. The van der Waals surface area contributed by atoms with E-state index in [-0.39, 0.29) is 12.1 Å². The summed E-state index contributed by atoms with van der Waals surface area (Å²) in [5.41, 5.74) is 1.90. The van der Waals surface area contributed by atoms with Crippen LogP contribution in [0.3, 0.4) is 0 Å². The zero-order chi connectivity index (χ0) is 15.4. The smallest absolute Gasteiger partial charge is 0.142 e. The normalized spacial score (nSPS) is 12.3. The molecule has 0 aliphatic carbocycles. The van der Waals surface area contributed by atoms with E-state index in [9.17, 15) is 0 Å². The minimum absolute atomic E-state index is 0.0214. The van der Waals surface area contributed by atoms with E-state index in [2.05, 4.69) is 5.32 Å². The summed E-state index contributed by atoms with van der Waals surface area (Å²) >= 11 is 12.3. The summed E-state index contributed by atoms with van der Waals surface area (Å²) in [6, 6.07) is 13.4. The first-order chi connectivity index (χ1) is 9.97. The van der Waals surface area contributed by atoms with Crippen molar-refractivity contribution >= 4 is 28.9 Å². The van der Waals surface area contributed by atoms with Gasteiger partial charge in [-0.3, -0.25) is 0 Å². The number of halogens is 2. The molecule has 0 radical (unpaired) electrons. The van der Waals surface area contributed by atoms with Crippen molar-refractivity contribution in [3.63, 3.8) is 0 Å². The summed E-state index contributed by atoms with van der Waals surface area (Å²) in [7, 11) is 0. The molecule has 0 bridgehead atoms. The molecule has 2 nitrogen and oxygen atoms in total. The lowest BCUT2D eigenvalue weighted by molar-refractivity contribution is 0.243. The van der Waals surface area contributed by atoms with Crippen LogP contribution in [0.25, 0.3) is 0 Å². The molecule has 0 heterocycles. The SMILES string of the molecule is CC(C)Oc1ccccc1NC(C)c1cc(Cl)ccc1Cl. The van der Waals surface area contributed by atoms with Gasteiger partial charge in [-0.2, -0.15) is 0 Å². The van der Waals surface area contributed by atoms with Crippen molar-refractivity contribution in [3.8, 4) is 5.75 Å². The largest absolute Gasteiger partial charge is 0.489 e. The first-order valence-corrected chi connectivity index (χ1v) is 7.70. The van der Waals surface area contributed by atoms with E-state index in [0.717, 1.165) is 17.0 Å². The third-order valence-electron chi connectivity index (χ3n) is 3.05. The topological polar surface area (TPSA) is 21.3 Å². The quantitative estimate of drug-likeness (QED) is 0.733. The van der Waals surface area contributed by atoms with Crippen molar-refractivity contribution in [2.45, 2.75) is 32.9 Å². The average molecular weight is 324 g/mol. The highest BCUT2D eigenvalue weighted by Crippen LogP contribution is 2.32. The molecule has 2 aromatic carbocycles. The van der Waals surface area contributed by atoms with Crippen LogP contribution in [-0.2, 0) is 0 Å². The number of benzene rings is 2. The standard InChI is InChI=1S/C17H19Cl2NO/c1-11(2)21-17-7-5-4-6-16(17)20-12(3)14-10-13(18)8-9-15(14)19/h4-12,20H,1-3H3. The van der Waals surface area contributed by atoms with Gasteiger partial charge in [0.25, 0.3) is 0 Å². The second kappa shape index (κ2) is 7.06. The predicted octanol–water partition coefficient (Wildman–Crippen LogP) is 5.95. The van der Waals surface area contributed by atoms with Crippen LogP contribution in [0.4, 0.5) is 5.69 Å². The first kappa shape index (κ1) is 16.0. The van der Waals surface area contributed by atoms with Gasteiger partial charge in [0.2, 0.25) is 0 Å². The molecule has 0 aliphatic heterocycles. The molecule has 0 aromatic heterocycles. The molecule has 2 rings (SSSR count). The number of ether oxygens (including phenoxy) is 1. The third-order valence-corrected chi connectivity index (χ3v) is 3.63. The van der Waals surface area contributed by atoms with Crippen LogP contribution in [0.5, 0.6) is 5.75 Å². The molecular weight excluding hydrogens is 305 g/mol. The van der Waals surface area contributed by atoms with E-state index >= 15 is 0 Å². The fourth-order valence-electron chi connectivity index (χ4n) is 2.10. The summed E-state index contributed by atoms with van der Waals surface area (Å²) in [4.78, 5) is 0. The molecule has 112 valence electrons. The maximum atomic E-state index is 6.25. The van der Waals surface area contributed by atoms with E-state index in [1.807, 2.05) is 57.2 Å². The van der Waals surface area contributed by atoms with E-state index < -0.39 is 0 Å². The highest BCUT2D eigenvalue weighted by atomic mass is 35.5. The number of hydrogen-bond acceptors (Lipinski definition) is 2. The second-order valence-corrected chi connectivity index (χ2v) is 6.04. The molecule has 2 aromatic rings. The van der Waals surface area contributed by atoms with Gasteiger partial charge in [-0.05, 0) is 56.7 Å². The average Bonchev–Trinajstić information content (AvgIpc) is 2.43. The number of nitrogens with one attached hydrogen (secondary N) is 1. The molecule has 0 fully saturated rings. The second-order valence-electron chi connectivity index (χ2n) is 5.19. The molecule has 1 unspecified atom stereocenters. The van der Waals surface area contributed by atoms with Crippen molar-refractivity contribution < 1.29 is 4.74 Å². The van der Waals surface area contributed by atoms with Crippen LogP contribution in [0, 0.1) is 0 Å². The molecule has 0 amide bonds. The molecule has 0 aliphatic rings. The lowest BCUT2D eigenvalue weighted by Crippen LogP contribution is -2.11.